The van der Waals surface area contributed by atoms with Crippen molar-refractivity contribution >= 4 is 5.90 Å². The molecule has 2 heteroatoms. The molecule has 0 amide bonds. The summed E-state index contributed by atoms with van der Waals surface area (Å²) >= 11 is 0. The minimum atomic E-state index is 0.397. The molecule has 0 aromatic rings. The molecule has 0 N–H and O–H groups in total. The Morgan fingerprint density at radius 2 is 2.18 bits per heavy atom. The maximum Gasteiger partial charge on any atom is 0.191 e. The molecule has 0 aromatic carbocycles. The third kappa shape index (κ3) is 1.84. The van der Waals surface area contributed by atoms with Gasteiger partial charge in [-0.3, -0.25) is 0 Å². The molecule has 0 spiro atoms. The van der Waals surface area contributed by atoms with Crippen molar-refractivity contribution in [1.29, 1.82) is 0 Å². The lowest BCUT2D eigenvalue weighted by molar-refractivity contribution is -0.134. The highest BCUT2D eigenvalue weighted by atomic mass is 16.5. The van der Waals surface area contributed by atoms with Gasteiger partial charge in [-0.25, -0.2) is 4.99 Å². The number of fused-ring (bicyclic) bond motifs is 2. The van der Waals surface area contributed by atoms with E-state index >= 15 is 0 Å². The fourth-order valence-corrected chi connectivity index (χ4v) is 3.61. The van der Waals surface area contributed by atoms with Crippen molar-refractivity contribution in [1.82, 2.24) is 0 Å². The second-order valence-corrected chi connectivity index (χ2v) is 6.09. The van der Waals surface area contributed by atoms with Crippen molar-refractivity contribution in [2.45, 2.75) is 45.6 Å². The van der Waals surface area contributed by atoms with Crippen molar-refractivity contribution < 1.29 is 4.74 Å². The second kappa shape index (κ2) is 4.01. The predicted octanol–water partition coefficient (Wildman–Crippen LogP) is 3.70. The molecule has 3 unspecified atom stereocenters. The quantitative estimate of drug-likeness (QED) is 0.674. The summed E-state index contributed by atoms with van der Waals surface area (Å²) in [5, 5.41) is 0. The van der Waals surface area contributed by atoms with Crippen LogP contribution in [0.5, 0.6) is 0 Å². The predicted molar refractivity (Wildman–Crippen MR) is 69.8 cm³/mol. The zero-order chi connectivity index (χ0) is 11.9. The Balaban J connectivity index is 1.68. The molecule has 2 nitrogen and oxygen atoms in total. The third-order valence-electron chi connectivity index (χ3n) is 4.93. The van der Waals surface area contributed by atoms with Crippen LogP contribution in [0.4, 0.5) is 0 Å². The van der Waals surface area contributed by atoms with Crippen molar-refractivity contribution in [3.63, 3.8) is 0 Å². The van der Waals surface area contributed by atoms with E-state index in [0.717, 1.165) is 24.2 Å². The molecule has 4 aliphatic rings. The summed E-state index contributed by atoms with van der Waals surface area (Å²) in [6.45, 7) is 4.80. The number of ether oxygens (including phenoxy) is 1. The Bertz CT molecular complexity index is 390. The molecule has 2 bridgehead atoms. The van der Waals surface area contributed by atoms with Crippen LogP contribution in [-0.4, -0.2) is 12.0 Å². The molecule has 1 heterocycles. The van der Waals surface area contributed by atoms with Gasteiger partial charge in [-0.1, -0.05) is 26.0 Å². The fraction of sp³-hybridized carbons (Fsp3) is 0.667. The highest BCUT2D eigenvalue weighted by molar-refractivity contribution is 5.79. The van der Waals surface area contributed by atoms with E-state index in [-0.39, 0.29) is 0 Å². The highest BCUT2D eigenvalue weighted by Gasteiger charge is 2.55. The average Bonchev–Trinajstić information content (AvgIpc) is 2.57. The number of rotatable bonds is 1. The van der Waals surface area contributed by atoms with Gasteiger partial charge in [-0.15, -0.1) is 0 Å². The van der Waals surface area contributed by atoms with E-state index in [1.54, 1.807) is 0 Å². The second-order valence-electron chi connectivity index (χ2n) is 6.09. The van der Waals surface area contributed by atoms with Gasteiger partial charge in [0.05, 0.1) is 0 Å². The third-order valence-corrected chi connectivity index (χ3v) is 4.93. The summed E-state index contributed by atoms with van der Waals surface area (Å²) in [5.41, 5.74) is 0.486. The standard InChI is InChI=1S/C15H21NO/c1-15(2)11-7-8-13(12(15)10-11)17-14-6-4-3-5-9-16-14/h3-5,9,11-13H,6-8,10H2,1-2H3. The Morgan fingerprint density at radius 3 is 2.94 bits per heavy atom. The molecule has 0 radical (unpaired) electrons. The molecule has 3 fully saturated rings. The largest absolute Gasteiger partial charge is 0.477 e. The van der Waals surface area contributed by atoms with Crippen LogP contribution in [0.15, 0.2) is 29.4 Å². The van der Waals surface area contributed by atoms with Crippen LogP contribution in [0.25, 0.3) is 0 Å². The van der Waals surface area contributed by atoms with Gasteiger partial charge < -0.3 is 4.74 Å². The average molecular weight is 231 g/mol. The van der Waals surface area contributed by atoms with Crippen molar-refractivity contribution in [2.24, 2.45) is 22.2 Å². The van der Waals surface area contributed by atoms with Gasteiger partial charge >= 0.3 is 0 Å². The summed E-state index contributed by atoms with van der Waals surface area (Å²) in [7, 11) is 0. The van der Waals surface area contributed by atoms with E-state index < -0.39 is 0 Å². The van der Waals surface area contributed by atoms with E-state index in [0.29, 0.717) is 11.5 Å². The first-order valence-corrected chi connectivity index (χ1v) is 6.73. The molecule has 0 aromatic heterocycles. The number of hydrogen-bond donors (Lipinski definition) is 0. The number of hydrogen-bond acceptors (Lipinski definition) is 2. The molecular weight excluding hydrogens is 210 g/mol. The lowest BCUT2D eigenvalue weighted by Crippen LogP contribution is -2.55. The Labute approximate surface area is 103 Å². The Hall–Kier alpha value is -1.05. The summed E-state index contributed by atoms with van der Waals surface area (Å²) in [5.74, 6) is 2.56. The van der Waals surface area contributed by atoms with Gasteiger partial charge in [0, 0.05) is 18.5 Å². The number of allylic oxidation sites excluding steroid dienone is 2. The van der Waals surface area contributed by atoms with Gasteiger partial charge in [-0.05, 0) is 36.7 Å². The molecule has 92 valence electrons. The molecule has 0 saturated heterocycles. The molecule has 4 rings (SSSR count). The normalized spacial score (nSPS) is 38.0. The van der Waals surface area contributed by atoms with Crippen LogP contribution in [0.3, 0.4) is 0 Å². The minimum Gasteiger partial charge on any atom is -0.477 e. The van der Waals surface area contributed by atoms with Crippen molar-refractivity contribution in [3.8, 4) is 0 Å². The lowest BCUT2D eigenvalue weighted by atomic mass is 9.48. The van der Waals surface area contributed by atoms with Gasteiger partial charge in [0.2, 0.25) is 0 Å². The van der Waals surface area contributed by atoms with Gasteiger partial charge in [0.1, 0.15) is 6.10 Å². The smallest absolute Gasteiger partial charge is 0.191 e. The van der Waals surface area contributed by atoms with Crippen LogP contribution in [0, 0.1) is 17.3 Å². The summed E-state index contributed by atoms with van der Waals surface area (Å²) in [6.07, 6.45) is 13.1. The first-order chi connectivity index (χ1) is 8.18. The van der Waals surface area contributed by atoms with E-state index in [1.807, 2.05) is 18.4 Å². The first-order valence-electron chi connectivity index (χ1n) is 6.73. The van der Waals surface area contributed by atoms with E-state index in [2.05, 4.69) is 24.9 Å². The molecule has 3 atom stereocenters. The summed E-state index contributed by atoms with van der Waals surface area (Å²) in [6, 6.07) is 0. The van der Waals surface area contributed by atoms with Crippen molar-refractivity contribution in [2.75, 3.05) is 0 Å². The lowest BCUT2D eigenvalue weighted by Gasteiger charge is -2.59. The monoisotopic (exact) mass is 231 g/mol. The summed E-state index contributed by atoms with van der Waals surface area (Å²) < 4.78 is 6.15. The van der Waals surface area contributed by atoms with Gasteiger partial charge in [-0.2, -0.15) is 0 Å². The number of nitrogens with zero attached hydrogens (tertiary/aromatic N) is 1. The highest BCUT2D eigenvalue weighted by Crippen LogP contribution is 2.59. The van der Waals surface area contributed by atoms with Gasteiger partial charge in [0.15, 0.2) is 5.90 Å². The molecule has 3 saturated carbocycles. The molecule has 17 heavy (non-hydrogen) atoms. The SMILES string of the molecule is CC1(C)C2CCC(OC3=NC=CC=CC3)C1C2. The Morgan fingerprint density at radius 1 is 1.29 bits per heavy atom. The number of aliphatic imine (C=N–C) groups is 1. The van der Waals surface area contributed by atoms with Crippen LogP contribution >= 0.6 is 0 Å². The van der Waals surface area contributed by atoms with E-state index in [1.165, 1.54) is 19.3 Å². The zero-order valence-corrected chi connectivity index (χ0v) is 10.7. The fourth-order valence-electron chi connectivity index (χ4n) is 3.61. The minimum absolute atomic E-state index is 0.397. The van der Waals surface area contributed by atoms with Crippen LogP contribution in [0.2, 0.25) is 0 Å². The molecule has 3 aliphatic carbocycles. The van der Waals surface area contributed by atoms with E-state index in [4.69, 9.17) is 4.74 Å². The molecular formula is C15H21NO. The maximum absolute atomic E-state index is 6.15. The van der Waals surface area contributed by atoms with Crippen molar-refractivity contribution in [3.05, 3.63) is 24.4 Å². The maximum atomic E-state index is 6.15. The zero-order valence-electron chi connectivity index (χ0n) is 10.7. The first kappa shape index (κ1) is 11.1. The van der Waals surface area contributed by atoms with E-state index in [9.17, 15) is 0 Å². The van der Waals surface area contributed by atoms with Crippen LogP contribution in [0.1, 0.15) is 39.5 Å². The summed E-state index contributed by atoms with van der Waals surface area (Å²) in [4.78, 5) is 4.37. The van der Waals surface area contributed by atoms with Crippen LogP contribution < -0.4 is 0 Å². The van der Waals surface area contributed by atoms with Crippen LogP contribution in [-0.2, 0) is 4.74 Å². The molecule has 1 aliphatic heterocycles. The van der Waals surface area contributed by atoms with Gasteiger partial charge in [0.25, 0.3) is 0 Å². The Kier molecular flexibility index (Phi) is 2.61. The topological polar surface area (TPSA) is 21.6 Å².